The van der Waals surface area contributed by atoms with Crippen LogP contribution in [0, 0.1) is 10.5 Å². The maximum absolute atomic E-state index is 6.03. The molecule has 0 aliphatic heterocycles. The third-order valence-electron chi connectivity index (χ3n) is 3.08. The highest BCUT2D eigenvalue weighted by molar-refractivity contribution is 14.1. The molecule has 0 fully saturated rings. The van der Waals surface area contributed by atoms with Crippen LogP contribution < -0.4 is 0 Å². The van der Waals surface area contributed by atoms with E-state index in [1.807, 2.05) is 18.7 Å². The first-order chi connectivity index (χ1) is 9.11. The monoisotopic (exact) mass is 386 g/mol. The van der Waals surface area contributed by atoms with Gasteiger partial charge in [-0.25, -0.2) is 9.67 Å². The summed E-state index contributed by atoms with van der Waals surface area (Å²) in [6, 6.07) is 8.29. The van der Waals surface area contributed by atoms with Crippen molar-refractivity contribution >= 4 is 45.4 Å². The van der Waals surface area contributed by atoms with Crippen molar-refractivity contribution in [1.29, 1.82) is 0 Å². The first-order valence-corrected chi connectivity index (χ1v) is 7.46. The van der Waals surface area contributed by atoms with Crippen LogP contribution in [0.25, 0.3) is 16.9 Å². The van der Waals surface area contributed by atoms with Crippen LogP contribution in [0.5, 0.6) is 0 Å². The molecular weight excluding hydrogens is 375 g/mol. The largest absolute Gasteiger partial charge is 0.280 e. The van der Waals surface area contributed by atoms with Crippen LogP contribution in [0.2, 0.25) is 0 Å². The number of rotatable bonds is 2. The highest BCUT2D eigenvalue weighted by atomic mass is 127. The van der Waals surface area contributed by atoms with E-state index in [1.165, 1.54) is 3.57 Å². The zero-order valence-electron chi connectivity index (χ0n) is 10.6. The second-order valence-electron chi connectivity index (χ2n) is 4.35. The molecule has 0 atom stereocenters. The van der Waals surface area contributed by atoms with Gasteiger partial charge >= 0.3 is 0 Å². The fraction of sp³-hybridized carbons (Fsp3) is 0.231. The van der Waals surface area contributed by atoms with Gasteiger partial charge in [0.1, 0.15) is 11.3 Å². The number of fused-ring (bicyclic) bond motifs is 1. The molecule has 0 aliphatic rings. The summed E-state index contributed by atoms with van der Waals surface area (Å²) >= 11 is 8.32. The van der Waals surface area contributed by atoms with Gasteiger partial charge in [-0.3, -0.25) is 4.57 Å². The molecule has 4 nitrogen and oxygen atoms in total. The van der Waals surface area contributed by atoms with E-state index in [9.17, 15) is 0 Å². The standard InChI is InChI=1S/C13H12ClIN4/c1-8-12-13(18(2)17-8)19(11(7-14)16-12)10-5-3-9(15)4-6-10/h3-6H,7H2,1-2H3. The van der Waals surface area contributed by atoms with E-state index in [1.54, 1.807) is 0 Å². The number of hydrogen-bond acceptors (Lipinski definition) is 2. The van der Waals surface area contributed by atoms with E-state index in [2.05, 4.69) is 61.5 Å². The van der Waals surface area contributed by atoms with E-state index in [4.69, 9.17) is 11.6 Å². The molecule has 2 aromatic heterocycles. The first kappa shape index (κ1) is 12.9. The van der Waals surface area contributed by atoms with Crippen molar-refractivity contribution < 1.29 is 0 Å². The highest BCUT2D eigenvalue weighted by Gasteiger charge is 2.17. The molecule has 19 heavy (non-hydrogen) atoms. The molecule has 3 rings (SSSR count). The third kappa shape index (κ3) is 2.04. The molecule has 98 valence electrons. The summed E-state index contributed by atoms with van der Waals surface area (Å²) in [6.45, 7) is 1.96. The van der Waals surface area contributed by atoms with Crippen LogP contribution in [-0.4, -0.2) is 19.3 Å². The Balaban J connectivity index is 2.34. The SMILES string of the molecule is Cc1nn(C)c2c1nc(CCl)n2-c1ccc(I)cc1. The van der Waals surface area contributed by atoms with Crippen LogP contribution in [0.1, 0.15) is 11.5 Å². The zero-order valence-corrected chi connectivity index (χ0v) is 13.5. The topological polar surface area (TPSA) is 35.6 Å². The Kier molecular flexibility index (Phi) is 3.26. The molecule has 3 aromatic rings. The summed E-state index contributed by atoms with van der Waals surface area (Å²) < 4.78 is 5.12. The number of alkyl halides is 1. The predicted molar refractivity (Wildman–Crippen MR) is 84.8 cm³/mol. The van der Waals surface area contributed by atoms with Crippen molar-refractivity contribution in [3.05, 3.63) is 39.4 Å². The average Bonchev–Trinajstić information content (AvgIpc) is 2.90. The van der Waals surface area contributed by atoms with Gasteiger partial charge < -0.3 is 0 Å². The van der Waals surface area contributed by atoms with Gasteiger partial charge in [0.2, 0.25) is 0 Å². The molecule has 0 saturated heterocycles. The molecule has 2 heterocycles. The second kappa shape index (κ2) is 4.79. The minimum atomic E-state index is 0.375. The van der Waals surface area contributed by atoms with E-state index in [0.29, 0.717) is 5.88 Å². The molecule has 0 spiro atoms. The predicted octanol–water partition coefficient (Wildman–Crippen LogP) is 3.41. The summed E-state index contributed by atoms with van der Waals surface area (Å²) in [5, 5.41) is 4.42. The van der Waals surface area contributed by atoms with Crippen molar-refractivity contribution in [2.24, 2.45) is 7.05 Å². The van der Waals surface area contributed by atoms with Gasteiger partial charge in [0, 0.05) is 16.3 Å². The van der Waals surface area contributed by atoms with Crippen LogP contribution in [0.15, 0.2) is 24.3 Å². The Bertz CT molecular complexity index is 742. The van der Waals surface area contributed by atoms with E-state index >= 15 is 0 Å². The summed E-state index contributed by atoms with van der Waals surface area (Å²) in [5.41, 5.74) is 3.88. The molecule has 0 amide bonds. The number of hydrogen-bond donors (Lipinski definition) is 0. The maximum Gasteiger partial charge on any atom is 0.163 e. The molecule has 1 aromatic carbocycles. The van der Waals surface area contributed by atoms with Crippen LogP contribution in [0.4, 0.5) is 0 Å². The first-order valence-electron chi connectivity index (χ1n) is 5.84. The quantitative estimate of drug-likeness (QED) is 0.500. The summed E-state index contributed by atoms with van der Waals surface area (Å²) in [4.78, 5) is 4.60. The Hall–Kier alpha value is -1.08. The third-order valence-corrected chi connectivity index (χ3v) is 4.03. The Morgan fingerprint density at radius 3 is 2.58 bits per heavy atom. The van der Waals surface area contributed by atoms with E-state index in [-0.39, 0.29) is 0 Å². The lowest BCUT2D eigenvalue weighted by Crippen LogP contribution is -2.04. The lowest BCUT2D eigenvalue weighted by Gasteiger charge is -2.08. The van der Waals surface area contributed by atoms with Crippen molar-refractivity contribution in [2.45, 2.75) is 12.8 Å². The van der Waals surface area contributed by atoms with E-state index in [0.717, 1.165) is 28.4 Å². The van der Waals surface area contributed by atoms with Crippen LogP contribution in [-0.2, 0) is 12.9 Å². The van der Waals surface area contributed by atoms with Gasteiger partial charge in [0.05, 0.1) is 11.6 Å². The highest BCUT2D eigenvalue weighted by Crippen LogP contribution is 2.24. The van der Waals surface area contributed by atoms with Crippen LogP contribution in [0.3, 0.4) is 0 Å². The number of halogens is 2. The number of benzene rings is 1. The minimum Gasteiger partial charge on any atom is -0.280 e. The molecule has 0 N–H and O–H groups in total. The van der Waals surface area contributed by atoms with Crippen molar-refractivity contribution in [2.75, 3.05) is 0 Å². The van der Waals surface area contributed by atoms with Crippen molar-refractivity contribution in [3.63, 3.8) is 0 Å². The maximum atomic E-state index is 6.03. The smallest absolute Gasteiger partial charge is 0.163 e. The fourth-order valence-corrected chi connectivity index (χ4v) is 2.81. The molecule has 6 heteroatoms. The molecule has 0 bridgehead atoms. The molecule has 0 radical (unpaired) electrons. The summed E-state index contributed by atoms with van der Waals surface area (Å²) in [6.07, 6.45) is 0. The van der Waals surface area contributed by atoms with Gasteiger partial charge in [-0.15, -0.1) is 11.6 Å². The number of imidazole rings is 1. The normalized spacial score (nSPS) is 11.4. The Labute approximate surface area is 129 Å². The number of aryl methyl sites for hydroxylation is 2. The van der Waals surface area contributed by atoms with Gasteiger partial charge in [-0.1, -0.05) is 0 Å². The Morgan fingerprint density at radius 2 is 1.95 bits per heavy atom. The van der Waals surface area contributed by atoms with Gasteiger partial charge in [-0.2, -0.15) is 5.10 Å². The molecular formula is C13H12ClIN4. The lowest BCUT2D eigenvalue weighted by molar-refractivity contribution is 0.755. The van der Waals surface area contributed by atoms with Gasteiger partial charge in [-0.05, 0) is 53.8 Å². The minimum absolute atomic E-state index is 0.375. The molecule has 0 saturated carbocycles. The average molecular weight is 387 g/mol. The van der Waals surface area contributed by atoms with Crippen molar-refractivity contribution in [1.82, 2.24) is 19.3 Å². The Morgan fingerprint density at radius 1 is 1.26 bits per heavy atom. The van der Waals surface area contributed by atoms with Crippen LogP contribution >= 0.6 is 34.2 Å². The van der Waals surface area contributed by atoms with Gasteiger partial charge in [0.25, 0.3) is 0 Å². The summed E-state index contributed by atoms with van der Waals surface area (Å²) in [5.74, 6) is 1.22. The van der Waals surface area contributed by atoms with E-state index < -0.39 is 0 Å². The second-order valence-corrected chi connectivity index (χ2v) is 5.87. The zero-order chi connectivity index (χ0) is 13.6. The summed E-state index contributed by atoms with van der Waals surface area (Å²) in [7, 11) is 1.93. The number of nitrogens with zero attached hydrogens (tertiary/aromatic N) is 4. The van der Waals surface area contributed by atoms with Crippen molar-refractivity contribution in [3.8, 4) is 5.69 Å². The van der Waals surface area contributed by atoms with Gasteiger partial charge in [0.15, 0.2) is 5.65 Å². The molecule has 0 aliphatic carbocycles. The number of aromatic nitrogens is 4. The fourth-order valence-electron chi connectivity index (χ4n) is 2.27. The molecule has 0 unspecified atom stereocenters. The lowest BCUT2D eigenvalue weighted by atomic mass is 10.3.